The van der Waals surface area contributed by atoms with Gasteiger partial charge in [0.05, 0.1) is 7.11 Å². The molecule has 0 radical (unpaired) electrons. The van der Waals surface area contributed by atoms with Crippen molar-refractivity contribution in [2.75, 3.05) is 13.7 Å². The number of amides is 1. The van der Waals surface area contributed by atoms with Crippen LogP contribution in [-0.4, -0.2) is 19.6 Å². The first-order chi connectivity index (χ1) is 9.11. The lowest BCUT2D eigenvalue weighted by Crippen LogP contribution is -2.26. The predicted octanol–water partition coefficient (Wildman–Crippen LogP) is 3.18. The van der Waals surface area contributed by atoms with Crippen LogP contribution in [0.25, 0.3) is 0 Å². The first-order valence-corrected chi connectivity index (χ1v) is 7.01. The number of rotatable bonds is 8. The van der Waals surface area contributed by atoms with E-state index in [1.165, 1.54) is 5.56 Å². The fourth-order valence-corrected chi connectivity index (χ4v) is 1.81. The minimum atomic E-state index is 0.170. The number of ether oxygens (including phenoxy) is 1. The third kappa shape index (κ3) is 6.85. The number of nitrogens with one attached hydrogen (secondary N) is 1. The average molecular weight is 263 g/mol. The third-order valence-corrected chi connectivity index (χ3v) is 2.99. The van der Waals surface area contributed by atoms with Crippen LogP contribution < -0.4 is 10.1 Å². The van der Waals surface area contributed by atoms with Crippen molar-refractivity contribution in [3.8, 4) is 5.75 Å². The average Bonchev–Trinajstić information content (AvgIpc) is 2.42. The van der Waals surface area contributed by atoms with Crippen molar-refractivity contribution in [3.05, 3.63) is 29.8 Å². The summed E-state index contributed by atoms with van der Waals surface area (Å²) >= 11 is 0. The van der Waals surface area contributed by atoms with Crippen molar-refractivity contribution in [1.82, 2.24) is 5.32 Å². The zero-order valence-electron chi connectivity index (χ0n) is 12.2. The summed E-state index contributed by atoms with van der Waals surface area (Å²) < 4.78 is 5.12. The van der Waals surface area contributed by atoms with E-state index in [1.807, 2.05) is 12.1 Å². The molecule has 3 heteroatoms. The standard InChI is InChI=1S/C16H25NO2/c1-13(2)12-17-16(18)7-5-4-6-14-8-10-15(19-3)11-9-14/h8-11,13H,4-7,12H2,1-3H3,(H,17,18). The summed E-state index contributed by atoms with van der Waals surface area (Å²) in [5.74, 6) is 1.57. The summed E-state index contributed by atoms with van der Waals surface area (Å²) in [7, 11) is 1.67. The largest absolute Gasteiger partial charge is 0.497 e. The van der Waals surface area contributed by atoms with E-state index in [1.54, 1.807) is 7.11 Å². The number of unbranched alkanes of at least 4 members (excludes halogenated alkanes) is 1. The van der Waals surface area contributed by atoms with Gasteiger partial charge in [-0.2, -0.15) is 0 Å². The van der Waals surface area contributed by atoms with Crippen LogP contribution in [0.3, 0.4) is 0 Å². The second kappa shape index (κ2) is 8.57. The summed E-state index contributed by atoms with van der Waals surface area (Å²) in [4.78, 5) is 11.5. The maximum Gasteiger partial charge on any atom is 0.220 e. The SMILES string of the molecule is COc1ccc(CCCCC(=O)NCC(C)C)cc1. The maximum atomic E-state index is 11.5. The van der Waals surface area contributed by atoms with Gasteiger partial charge in [-0.15, -0.1) is 0 Å². The highest BCUT2D eigenvalue weighted by atomic mass is 16.5. The van der Waals surface area contributed by atoms with E-state index in [4.69, 9.17) is 4.74 Å². The summed E-state index contributed by atoms with van der Waals surface area (Å²) in [5.41, 5.74) is 1.29. The molecule has 1 amide bonds. The lowest BCUT2D eigenvalue weighted by Gasteiger charge is -2.07. The van der Waals surface area contributed by atoms with Gasteiger partial charge >= 0.3 is 0 Å². The lowest BCUT2D eigenvalue weighted by molar-refractivity contribution is -0.121. The van der Waals surface area contributed by atoms with Crippen LogP contribution in [0, 0.1) is 5.92 Å². The zero-order chi connectivity index (χ0) is 14.1. The molecule has 0 fully saturated rings. The van der Waals surface area contributed by atoms with Gasteiger partial charge in [0.2, 0.25) is 5.91 Å². The molecule has 1 N–H and O–H groups in total. The minimum absolute atomic E-state index is 0.170. The molecule has 0 aliphatic heterocycles. The molecule has 0 aliphatic rings. The molecule has 1 aromatic carbocycles. The quantitative estimate of drug-likeness (QED) is 0.732. The summed E-state index contributed by atoms with van der Waals surface area (Å²) in [6.45, 7) is 4.98. The van der Waals surface area contributed by atoms with E-state index in [0.29, 0.717) is 12.3 Å². The Morgan fingerprint density at radius 2 is 1.89 bits per heavy atom. The molecule has 0 aliphatic carbocycles. The van der Waals surface area contributed by atoms with Crippen LogP contribution in [0.1, 0.15) is 38.7 Å². The maximum absolute atomic E-state index is 11.5. The van der Waals surface area contributed by atoms with Crippen LogP contribution in [0.2, 0.25) is 0 Å². The van der Waals surface area contributed by atoms with Crippen molar-refractivity contribution < 1.29 is 9.53 Å². The highest BCUT2D eigenvalue weighted by Crippen LogP contribution is 2.13. The van der Waals surface area contributed by atoms with Gasteiger partial charge in [-0.3, -0.25) is 4.79 Å². The third-order valence-electron chi connectivity index (χ3n) is 2.99. The number of hydrogen-bond acceptors (Lipinski definition) is 2. The van der Waals surface area contributed by atoms with Crippen LogP contribution in [-0.2, 0) is 11.2 Å². The number of hydrogen-bond donors (Lipinski definition) is 1. The highest BCUT2D eigenvalue weighted by molar-refractivity contribution is 5.75. The molecule has 0 aromatic heterocycles. The van der Waals surface area contributed by atoms with Crippen LogP contribution >= 0.6 is 0 Å². The molecule has 3 nitrogen and oxygen atoms in total. The molecule has 1 aromatic rings. The normalized spacial score (nSPS) is 10.5. The highest BCUT2D eigenvalue weighted by Gasteiger charge is 2.02. The monoisotopic (exact) mass is 263 g/mol. The first kappa shape index (κ1) is 15.5. The molecular formula is C16H25NO2. The number of methoxy groups -OCH3 is 1. The molecule has 106 valence electrons. The molecular weight excluding hydrogens is 238 g/mol. The molecule has 19 heavy (non-hydrogen) atoms. The van der Waals surface area contributed by atoms with Crippen LogP contribution in [0.15, 0.2) is 24.3 Å². The Labute approximate surface area is 116 Å². The van der Waals surface area contributed by atoms with Gasteiger partial charge in [0.1, 0.15) is 5.75 Å². The Bertz CT molecular complexity index is 371. The van der Waals surface area contributed by atoms with Crippen molar-refractivity contribution in [3.63, 3.8) is 0 Å². The van der Waals surface area contributed by atoms with Gasteiger partial charge in [0.25, 0.3) is 0 Å². The molecule has 1 rings (SSSR count). The topological polar surface area (TPSA) is 38.3 Å². The minimum Gasteiger partial charge on any atom is -0.497 e. The van der Waals surface area contributed by atoms with Gasteiger partial charge in [-0.05, 0) is 42.9 Å². The van der Waals surface area contributed by atoms with Gasteiger partial charge in [0, 0.05) is 13.0 Å². The molecule has 0 spiro atoms. The Morgan fingerprint density at radius 1 is 1.21 bits per heavy atom. The second-order valence-electron chi connectivity index (χ2n) is 5.25. The fraction of sp³-hybridized carbons (Fsp3) is 0.562. The van der Waals surface area contributed by atoms with Gasteiger partial charge in [-0.1, -0.05) is 26.0 Å². The summed E-state index contributed by atoms with van der Waals surface area (Å²) in [5, 5.41) is 2.94. The molecule has 0 unspecified atom stereocenters. The molecule has 0 atom stereocenters. The van der Waals surface area contributed by atoms with Gasteiger partial charge in [0.15, 0.2) is 0 Å². The van der Waals surface area contributed by atoms with Crippen molar-refractivity contribution in [1.29, 1.82) is 0 Å². The Balaban J connectivity index is 2.14. The zero-order valence-corrected chi connectivity index (χ0v) is 12.2. The molecule has 0 heterocycles. The van der Waals surface area contributed by atoms with Crippen molar-refractivity contribution >= 4 is 5.91 Å². The van der Waals surface area contributed by atoms with Crippen molar-refractivity contribution in [2.45, 2.75) is 39.5 Å². The molecule has 0 saturated heterocycles. The first-order valence-electron chi connectivity index (χ1n) is 7.01. The Morgan fingerprint density at radius 3 is 2.47 bits per heavy atom. The Kier molecular flexibility index (Phi) is 7.01. The molecule has 0 saturated carbocycles. The van der Waals surface area contributed by atoms with Crippen molar-refractivity contribution in [2.24, 2.45) is 5.92 Å². The van der Waals surface area contributed by atoms with E-state index in [9.17, 15) is 4.79 Å². The van der Waals surface area contributed by atoms with Gasteiger partial charge < -0.3 is 10.1 Å². The van der Waals surface area contributed by atoms with Gasteiger partial charge in [-0.25, -0.2) is 0 Å². The van der Waals surface area contributed by atoms with E-state index in [-0.39, 0.29) is 5.91 Å². The Hall–Kier alpha value is -1.51. The fourth-order valence-electron chi connectivity index (χ4n) is 1.81. The number of benzene rings is 1. The van der Waals surface area contributed by atoms with E-state index in [2.05, 4.69) is 31.3 Å². The summed E-state index contributed by atoms with van der Waals surface area (Å²) in [6.07, 6.45) is 3.63. The number of aryl methyl sites for hydroxylation is 1. The lowest BCUT2D eigenvalue weighted by atomic mass is 10.1. The van der Waals surface area contributed by atoms with Crippen LogP contribution in [0.4, 0.5) is 0 Å². The summed E-state index contributed by atoms with van der Waals surface area (Å²) in [6, 6.07) is 8.12. The van der Waals surface area contributed by atoms with E-state index in [0.717, 1.165) is 31.6 Å². The predicted molar refractivity (Wildman–Crippen MR) is 78.4 cm³/mol. The molecule has 0 bridgehead atoms. The smallest absolute Gasteiger partial charge is 0.220 e. The second-order valence-corrected chi connectivity index (χ2v) is 5.25. The van der Waals surface area contributed by atoms with Crippen LogP contribution in [0.5, 0.6) is 5.75 Å². The number of carbonyl (C=O) groups excluding carboxylic acids is 1. The van der Waals surface area contributed by atoms with E-state index >= 15 is 0 Å². The number of carbonyl (C=O) groups is 1. The van der Waals surface area contributed by atoms with E-state index < -0.39 is 0 Å².